The summed E-state index contributed by atoms with van der Waals surface area (Å²) in [4.78, 5) is 68.3. The standard InChI is InChI=1S/C58H93N3O19/c1-16-43-58(11,70)49(65)36(7)52(66)59-32(3)29-56(9,71-14)50(80-55-47(64)42(60(12)13)27-33(4)75-55)34(5)48(35(6)54(69)77-43)79-45-30-57(10,72-15)51(37(8)76-45)78-44(62)22-24-74-26-25-73-23-18-19-38-20-21-41-39(28-38)46(63)40(53(67)68)31-61(41)17-2/h20-21,28,31-37,42-43,45,47-51,55,64-65,70H,16-19,22-27,29-30H2,1-15H3,(H,59,66)(H,67,68)/t32-,33-,34+,35-,36-,37+,42+,43-,45+,47-,48+,49-,50-,51+,55+,56-,57-,58-/m1/s1. The van der Waals surface area contributed by atoms with Crippen LogP contribution in [0.4, 0.5) is 0 Å². The minimum absolute atomic E-state index is 0.0225. The van der Waals surface area contributed by atoms with Crippen molar-refractivity contribution in [1.82, 2.24) is 14.8 Å². The summed E-state index contributed by atoms with van der Waals surface area (Å²) >= 11 is 0. The number of aliphatic hydroxyl groups is 3. The number of amides is 1. The molecule has 454 valence electrons. The number of benzene rings is 1. The van der Waals surface area contributed by atoms with E-state index in [2.05, 4.69) is 5.32 Å². The Labute approximate surface area is 471 Å². The van der Waals surface area contributed by atoms with Gasteiger partial charge in [-0.25, -0.2) is 4.79 Å². The van der Waals surface area contributed by atoms with Crippen LogP contribution in [0.2, 0.25) is 0 Å². The summed E-state index contributed by atoms with van der Waals surface area (Å²) in [6.45, 7) is 20.3. The van der Waals surface area contributed by atoms with Crippen LogP contribution in [0.1, 0.15) is 131 Å². The molecule has 0 aliphatic carbocycles. The third-order valence-corrected chi connectivity index (χ3v) is 16.6. The van der Waals surface area contributed by atoms with E-state index in [1.807, 2.05) is 51.9 Å². The van der Waals surface area contributed by atoms with Crippen LogP contribution in [0.15, 0.2) is 29.2 Å². The first-order valence-corrected chi connectivity index (χ1v) is 28.3. The number of pyridine rings is 1. The lowest BCUT2D eigenvalue weighted by Crippen LogP contribution is -2.61. The minimum Gasteiger partial charge on any atom is -0.477 e. The molecule has 22 nitrogen and oxygen atoms in total. The normalized spacial score (nSPS) is 36.0. The highest BCUT2D eigenvalue weighted by molar-refractivity contribution is 5.92. The summed E-state index contributed by atoms with van der Waals surface area (Å²) in [7, 11) is 6.73. The van der Waals surface area contributed by atoms with Crippen molar-refractivity contribution in [1.29, 1.82) is 0 Å². The molecule has 2 aromatic rings. The van der Waals surface area contributed by atoms with Crippen LogP contribution in [0, 0.1) is 17.8 Å². The number of hydrogen-bond acceptors (Lipinski definition) is 19. The van der Waals surface area contributed by atoms with E-state index in [4.69, 9.17) is 47.4 Å². The number of hydrogen-bond donors (Lipinski definition) is 5. The number of fused-ring (bicyclic) bond motifs is 1. The van der Waals surface area contributed by atoms with Crippen LogP contribution >= 0.6 is 0 Å². The van der Waals surface area contributed by atoms with E-state index in [0.717, 1.165) is 5.56 Å². The molecule has 0 saturated carbocycles. The molecule has 0 radical (unpaired) electrons. The second-order valence-corrected chi connectivity index (χ2v) is 23.1. The maximum atomic E-state index is 14.6. The average Bonchev–Trinajstić information content (AvgIpc) is 3.48. The molecule has 3 aliphatic heterocycles. The number of nitrogens with one attached hydrogen (secondary N) is 1. The van der Waals surface area contributed by atoms with E-state index in [0.29, 0.717) is 43.3 Å². The number of rotatable bonds is 21. The molecule has 0 unspecified atom stereocenters. The molecule has 1 aromatic heterocycles. The quantitative estimate of drug-likeness (QED) is 0.0857. The fraction of sp³-hybridized carbons (Fsp3) is 0.776. The van der Waals surface area contributed by atoms with Crippen molar-refractivity contribution < 1.29 is 87.0 Å². The highest BCUT2D eigenvalue weighted by atomic mass is 16.7. The van der Waals surface area contributed by atoms with Gasteiger partial charge in [0.1, 0.15) is 29.0 Å². The van der Waals surface area contributed by atoms with Gasteiger partial charge in [0.15, 0.2) is 18.7 Å². The molecule has 0 spiro atoms. The van der Waals surface area contributed by atoms with Crippen LogP contribution in [-0.2, 0) is 74.7 Å². The maximum absolute atomic E-state index is 14.6. The Morgan fingerprint density at radius 1 is 0.863 bits per heavy atom. The first-order chi connectivity index (χ1) is 37.6. The number of carbonyl (C=O) groups excluding carboxylic acids is 3. The molecule has 80 heavy (non-hydrogen) atoms. The number of carboxylic acid groups (broad SMARTS) is 1. The smallest absolute Gasteiger partial charge is 0.341 e. The number of carboxylic acids is 1. The van der Waals surface area contributed by atoms with E-state index < -0.39 is 125 Å². The van der Waals surface area contributed by atoms with Gasteiger partial charge in [0.25, 0.3) is 0 Å². The molecule has 3 saturated heterocycles. The lowest BCUT2D eigenvalue weighted by molar-refractivity contribution is -0.320. The zero-order valence-corrected chi connectivity index (χ0v) is 49.8. The highest BCUT2D eigenvalue weighted by Crippen LogP contribution is 2.41. The third kappa shape index (κ3) is 15.9. The van der Waals surface area contributed by atoms with Crippen LogP contribution in [0.25, 0.3) is 10.9 Å². The Balaban J connectivity index is 1.28. The van der Waals surface area contributed by atoms with Gasteiger partial charge in [0.2, 0.25) is 11.3 Å². The Kier molecular flexibility index (Phi) is 24.1. The first kappa shape index (κ1) is 66.6. The molecule has 22 heteroatoms. The van der Waals surface area contributed by atoms with Crippen molar-refractivity contribution in [3.05, 3.63) is 45.7 Å². The zero-order chi connectivity index (χ0) is 59.6. The number of esters is 2. The molecule has 0 bridgehead atoms. The number of aromatic nitrogens is 1. The van der Waals surface area contributed by atoms with Gasteiger partial charge in [-0.2, -0.15) is 0 Å². The predicted octanol–water partition coefficient (Wildman–Crippen LogP) is 4.38. The number of carbonyl (C=O) groups is 4. The molecule has 4 heterocycles. The van der Waals surface area contributed by atoms with E-state index in [9.17, 15) is 44.4 Å². The van der Waals surface area contributed by atoms with Gasteiger partial charge < -0.3 is 82.6 Å². The summed E-state index contributed by atoms with van der Waals surface area (Å²) in [5.74, 6) is -6.20. The SMILES string of the molecule is CC[C@H]1OC(=O)[C@H](C)[C@@H](O[C@H]2C[C@@](C)(OC)[C@@H](OC(=O)CCOCCOCCCc3ccc4c(c3)c(=O)c(C(=O)O)cn4CC)[C@H](C)O2)[C@H](C)[C@@H](O[C@@H]2O[C@H](C)C[C@H](N(C)C)[C@H]2O)[C@](C)(OC)C[C@@H](C)NC(=O)[C@H](C)[C@@H](O)[C@]1(C)O. The molecule has 5 N–H and O–H groups in total. The Morgan fingerprint density at radius 2 is 1.51 bits per heavy atom. The van der Waals surface area contributed by atoms with Crippen LogP contribution in [-0.4, -0.2) is 199 Å². The van der Waals surface area contributed by atoms with E-state index in [1.54, 1.807) is 52.2 Å². The number of ether oxygens (including phenoxy) is 10. The summed E-state index contributed by atoms with van der Waals surface area (Å²) in [5.41, 5.74) is -3.75. The Bertz CT molecular complexity index is 2440. The monoisotopic (exact) mass is 1140 g/mol. The molecule has 3 fully saturated rings. The topological polar surface area (TPSA) is 279 Å². The van der Waals surface area contributed by atoms with Crippen LogP contribution in [0.5, 0.6) is 0 Å². The number of aliphatic hydroxyl groups excluding tert-OH is 2. The van der Waals surface area contributed by atoms with Crippen molar-refractivity contribution in [3.8, 4) is 0 Å². The number of cyclic esters (lactones) is 1. The van der Waals surface area contributed by atoms with Gasteiger partial charge in [0.05, 0.1) is 79.7 Å². The minimum atomic E-state index is -2.06. The van der Waals surface area contributed by atoms with Crippen molar-refractivity contribution in [2.75, 3.05) is 54.7 Å². The largest absolute Gasteiger partial charge is 0.477 e. The molecule has 5 rings (SSSR count). The summed E-state index contributed by atoms with van der Waals surface area (Å²) in [5, 5.41) is 48.0. The number of aromatic carboxylic acids is 1. The Hall–Kier alpha value is -4.17. The van der Waals surface area contributed by atoms with Crippen molar-refractivity contribution in [2.24, 2.45) is 17.8 Å². The molecule has 1 amide bonds. The predicted molar refractivity (Wildman–Crippen MR) is 294 cm³/mol. The van der Waals surface area contributed by atoms with E-state index in [-0.39, 0.29) is 63.2 Å². The van der Waals surface area contributed by atoms with Gasteiger partial charge in [0, 0.05) is 63.4 Å². The van der Waals surface area contributed by atoms with Crippen molar-refractivity contribution in [3.63, 3.8) is 0 Å². The molecular weight excluding hydrogens is 1040 g/mol. The lowest BCUT2D eigenvalue weighted by Gasteiger charge is -2.50. The number of methoxy groups -OCH3 is 2. The molecule has 3 aliphatic rings. The van der Waals surface area contributed by atoms with E-state index >= 15 is 0 Å². The Morgan fingerprint density at radius 3 is 2.12 bits per heavy atom. The first-order valence-electron chi connectivity index (χ1n) is 28.3. The number of likely N-dealkylation sites (N-methyl/N-ethyl adjacent to an activating group) is 1. The van der Waals surface area contributed by atoms with Gasteiger partial charge in [-0.15, -0.1) is 0 Å². The maximum Gasteiger partial charge on any atom is 0.341 e. The van der Waals surface area contributed by atoms with Gasteiger partial charge >= 0.3 is 17.9 Å². The summed E-state index contributed by atoms with van der Waals surface area (Å²) < 4.78 is 64.5. The summed E-state index contributed by atoms with van der Waals surface area (Å²) in [6.07, 6.45) is -7.12. The molecular formula is C58H93N3O19. The molecule has 18 atom stereocenters. The van der Waals surface area contributed by atoms with Crippen molar-refractivity contribution >= 4 is 34.7 Å². The van der Waals surface area contributed by atoms with Crippen LogP contribution in [0.3, 0.4) is 0 Å². The van der Waals surface area contributed by atoms with E-state index in [1.165, 1.54) is 34.3 Å². The third-order valence-electron chi connectivity index (χ3n) is 16.6. The van der Waals surface area contributed by atoms with Crippen molar-refractivity contribution in [2.45, 2.75) is 218 Å². The fourth-order valence-electron chi connectivity index (χ4n) is 11.7. The van der Waals surface area contributed by atoms with Gasteiger partial charge in [-0.05, 0) is 119 Å². The zero-order valence-electron chi connectivity index (χ0n) is 49.8. The van der Waals surface area contributed by atoms with Crippen LogP contribution < -0.4 is 10.7 Å². The second kappa shape index (κ2) is 28.9. The highest BCUT2D eigenvalue weighted by Gasteiger charge is 2.54. The number of aryl methyl sites for hydroxylation is 2. The lowest BCUT2D eigenvalue weighted by atomic mass is 9.78. The average molecular weight is 1140 g/mol. The fourth-order valence-corrected chi connectivity index (χ4v) is 11.7. The summed E-state index contributed by atoms with van der Waals surface area (Å²) in [6, 6.07) is 4.56. The van der Waals surface area contributed by atoms with Gasteiger partial charge in [-0.3, -0.25) is 19.2 Å². The second-order valence-electron chi connectivity index (χ2n) is 23.1. The van der Waals surface area contributed by atoms with Gasteiger partial charge in [-0.1, -0.05) is 26.8 Å². The molecule has 1 aromatic carbocycles. The number of nitrogens with zero attached hydrogens (tertiary/aromatic N) is 2.